The van der Waals surface area contributed by atoms with Crippen molar-refractivity contribution in [2.24, 2.45) is 0 Å². The fourth-order valence-electron chi connectivity index (χ4n) is 1.55. The first-order valence-corrected chi connectivity index (χ1v) is 4.55. The van der Waals surface area contributed by atoms with Crippen molar-refractivity contribution in [3.63, 3.8) is 0 Å². The van der Waals surface area contributed by atoms with Gasteiger partial charge in [-0.25, -0.2) is 0 Å². The van der Waals surface area contributed by atoms with Crippen LogP contribution < -0.4 is 0 Å². The summed E-state index contributed by atoms with van der Waals surface area (Å²) in [5.74, 6) is 0. The van der Waals surface area contributed by atoms with Gasteiger partial charge in [-0.15, -0.1) is 0 Å². The molecule has 0 spiro atoms. The largest absolute Gasteiger partial charge is 0.301 e. The van der Waals surface area contributed by atoms with Gasteiger partial charge in [0.15, 0.2) is 0 Å². The van der Waals surface area contributed by atoms with Crippen LogP contribution in [0, 0.1) is 0 Å². The number of hydrogen-bond donors (Lipinski definition) is 0. The summed E-state index contributed by atoms with van der Waals surface area (Å²) in [6, 6.07) is 1.44. The Morgan fingerprint density at radius 3 is 2.36 bits per heavy atom. The van der Waals surface area contributed by atoms with Gasteiger partial charge in [-0.1, -0.05) is 0 Å². The van der Waals surface area contributed by atoms with Crippen LogP contribution in [-0.4, -0.2) is 48.6 Å². The molecule has 0 unspecified atom stereocenters. The summed E-state index contributed by atoms with van der Waals surface area (Å²) in [6.07, 6.45) is 0. The predicted molar refractivity (Wildman–Crippen MR) is 48.8 cm³/mol. The van der Waals surface area contributed by atoms with Gasteiger partial charge in [0, 0.05) is 31.7 Å². The zero-order valence-electron chi connectivity index (χ0n) is 8.17. The van der Waals surface area contributed by atoms with E-state index in [4.69, 9.17) is 0 Å². The third-order valence-corrected chi connectivity index (χ3v) is 2.72. The number of hydrogen-bond acceptors (Lipinski definition) is 2. The lowest BCUT2D eigenvalue weighted by Crippen LogP contribution is -2.52. The average molecular weight is 156 g/mol. The van der Waals surface area contributed by atoms with E-state index in [2.05, 4.69) is 37.6 Å². The molecule has 1 saturated heterocycles. The molecular weight excluding hydrogens is 136 g/mol. The normalized spacial score (nSPS) is 29.7. The van der Waals surface area contributed by atoms with Gasteiger partial charge in [0.05, 0.1) is 0 Å². The Morgan fingerprint density at radius 2 is 1.91 bits per heavy atom. The minimum absolute atomic E-state index is 0.714. The van der Waals surface area contributed by atoms with Gasteiger partial charge < -0.3 is 4.90 Å². The maximum Gasteiger partial charge on any atom is 0.0192 e. The number of nitrogens with zero attached hydrogens (tertiary/aromatic N) is 2. The minimum Gasteiger partial charge on any atom is -0.301 e. The lowest BCUT2D eigenvalue weighted by Gasteiger charge is -2.39. The van der Waals surface area contributed by atoms with Gasteiger partial charge in [-0.3, -0.25) is 4.90 Å². The van der Waals surface area contributed by atoms with E-state index in [9.17, 15) is 0 Å². The van der Waals surface area contributed by atoms with E-state index in [-0.39, 0.29) is 0 Å². The second-order valence-corrected chi connectivity index (χ2v) is 3.92. The molecule has 1 fully saturated rings. The van der Waals surface area contributed by atoms with Crippen LogP contribution in [0.1, 0.15) is 20.8 Å². The topological polar surface area (TPSA) is 6.48 Å². The lowest BCUT2D eigenvalue weighted by atomic mass is 10.2. The number of rotatable bonds is 1. The van der Waals surface area contributed by atoms with Crippen molar-refractivity contribution in [3.8, 4) is 0 Å². The molecule has 1 rings (SSSR count). The Bertz CT molecular complexity index is 123. The highest BCUT2D eigenvalue weighted by Gasteiger charge is 2.21. The third-order valence-electron chi connectivity index (χ3n) is 2.72. The first kappa shape index (κ1) is 9.01. The van der Waals surface area contributed by atoms with Crippen LogP contribution in [0.15, 0.2) is 0 Å². The molecule has 0 saturated carbocycles. The Kier molecular flexibility index (Phi) is 2.90. The first-order chi connectivity index (χ1) is 5.11. The molecule has 0 bridgehead atoms. The fourth-order valence-corrected chi connectivity index (χ4v) is 1.55. The summed E-state index contributed by atoms with van der Waals surface area (Å²) >= 11 is 0. The maximum atomic E-state index is 2.55. The predicted octanol–water partition coefficient (Wildman–Crippen LogP) is 1.03. The molecule has 1 aliphatic rings. The molecule has 1 atom stereocenters. The zero-order valence-corrected chi connectivity index (χ0v) is 8.17. The van der Waals surface area contributed by atoms with Crippen molar-refractivity contribution >= 4 is 0 Å². The van der Waals surface area contributed by atoms with Crippen LogP contribution in [-0.2, 0) is 0 Å². The van der Waals surface area contributed by atoms with Gasteiger partial charge in [0.1, 0.15) is 0 Å². The van der Waals surface area contributed by atoms with Crippen molar-refractivity contribution in [2.75, 3.05) is 26.7 Å². The van der Waals surface area contributed by atoms with Gasteiger partial charge in [-0.05, 0) is 27.8 Å². The highest BCUT2D eigenvalue weighted by Crippen LogP contribution is 2.09. The first-order valence-electron chi connectivity index (χ1n) is 4.55. The van der Waals surface area contributed by atoms with E-state index in [0.29, 0.717) is 6.04 Å². The smallest absolute Gasteiger partial charge is 0.0192 e. The molecule has 1 heterocycles. The number of likely N-dealkylation sites (N-methyl/N-ethyl adjacent to an activating group) is 1. The second kappa shape index (κ2) is 3.55. The van der Waals surface area contributed by atoms with Crippen molar-refractivity contribution in [2.45, 2.75) is 32.9 Å². The molecule has 66 valence electrons. The summed E-state index contributed by atoms with van der Waals surface area (Å²) in [6.45, 7) is 10.5. The van der Waals surface area contributed by atoms with Crippen LogP contribution in [0.5, 0.6) is 0 Å². The van der Waals surface area contributed by atoms with E-state index in [1.54, 1.807) is 0 Å². The molecule has 0 aromatic rings. The molecule has 2 heteroatoms. The molecule has 0 N–H and O–H groups in total. The molecule has 2 nitrogen and oxygen atoms in total. The van der Waals surface area contributed by atoms with Gasteiger partial charge in [0.25, 0.3) is 0 Å². The molecule has 0 aromatic carbocycles. The highest BCUT2D eigenvalue weighted by atomic mass is 15.3. The summed E-state index contributed by atoms with van der Waals surface area (Å²) in [5.41, 5.74) is 0. The van der Waals surface area contributed by atoms with Crippen LogP contribution in [0.4, 0.5) is 0 Å². The van der Waals surface area contributed by atoms with Crippen molar-refractivity contribution in [1.29, 1.82) is 0 Å². The Hall–Kier alpha value is -0.0800. The van der Waals surface area contributed by atoms with Crippen LogP contribution >= 0.6 is 0 Å². The molecule has 0 aromatic heterocycles. The van der Waals surface area contributed by atoms with Crippen LogP contribution in [0.2, 0.25) is 0 Å². The Balaban J connectivity index is 2.40. The molecule has 0 amide bonds. The lowest BCUT2D eigenvalue weighted by molar-refractivity contribution is 0.0832. The molecular formula is C9H20N2. The number of piperazine rings is 1. The minimum atomic E-state index is 0.714. The van der Waals surface area contributed by atoms with Crippen LogP contribution in [0.3, 0.4) is 0 Å². The van der Waals surface area contributed by atoms with E-state index < -0.39 is 0 Å². The van der Waals surface area contributed by atoms with E-state index in [0.717, 1.165) is 6.04 Å². The highest BCUT2D eigenvalue weighted by molar-refractivity contribution is 4.78. The fraction of sp³-hybridized carbons (Fsp3) is 1.00. The second-order valence-electron chi connectivity index (χ2n) is 3.92. The van der Waals surface area contributed by atoms with Gasteiger partial charge >= 0.3 is 0 Å². The van der Waals surface area contributed by atoms with E-state index in [1.165, 1.54) is 19.6 Å². The van der Waals surface area contributed by atoms with Crippen molar-refractivity contribution in [3.05, 3.63) is 0 Å². The quantitative estimate of drug-likeness (QED) is 0.559. The van der Waals surface area contributed by atoms with Crippen molar-refractivity contribution < 1.29 is 0 Å². The van der Waals surface area contributed by atoms with Crippen molar-refractivity contribution in [1.82, 2.24) is 9.80 Å². The standard InChI is InChI=1S/C9H20N2/c1-8(2)11-6-5-10(4)9(3)7-11/h8-9H,5-7H2,1-4H3/t9-/m0/s1. The molecule has 1 aliphatic heterocycles. The van der Waals surface area contributed by atoms with Gasteiger partial charge in [-0.2, -0.15) is 0 Å². The van der Waals surface area contributed by atoms with E-state index >= 15 is 0 Å². The monoisotopic (exact) mass is 156 g/mol. The zero-order chi connectivity index (χ0) is 8.43. The van der Waals surface area contributed by atoms with Crippen LogP contribution in [0.25, 0.3) is 0 Å². The Labute approximate surface area is 70.2 Å². The average Bonchev–Trinajstić information content (AvgIpc) is 1.94. The summed E-state index contributed by atoms with van der Waals surface area (Å²) in [4.78, 5) is 4.98. The SMILES string of the molecule is CC(C)N1CCN(C)[C@@H](C)C1. The molecule has 0 aliphatic carbocycles. The molecule has 0 radical (unpaired) electrons. The summed E-state index contributed by atoms with van der Waals surface area (Å²) in [7, 11) is 2.21. The van der Waals surface area contributed by atoms with E-state index in [1.807, 2.05) is 0 Å². The van der Waals surface area contributed by atoms with Gasteiger partial charge in [0.2, 0.25) is 0 Å². The Morgan fingerprint density at radius 1 is 1.27 bits per heavy atom. The third kappa shape index (κ3) is 2.17. The summed E-state index contributed by atoms with van der Waals surface area (Å²) < 4.78 is 0. The molecule has 11 heavy (non-hydrogen) atoms. The summed E-state index contributed by atoms with van der Waals surface area (Å²) in [5, 5.41) is 0. The maximum absolute atomic E-state index is 2.55.